The van der Waals surface area contributed by atoms with Crippen molar-refractivity contribution in [1.82, 2.24) is 4.90 Å². The van der Waals surface area contributed by atoms with Crippen LogP contribution in [0.5, 0.6) is 0 Å². The van der Waals surface area contributed by atoms with Crippen molar-refractivity contribution in [2.45, 2.75) is 124 Å². The van der Waals surface area contributed by atoms with E-state index in [4.69, 9.17) is 0 Å². The zero-order valence-electron chi connectivity index (χ0n) is 24.7. The molecule has 0 aromatic heterocycles. The summed E-state index contributed by atoms with van der Waals surface area (Å²) in [5, 5.41) is 0. The lowest BCUT2D eigenvalue weighted by Gasteiger charge is -2.38. The molecule has 0 aliphatic heterocycles. The van der Waals surface area contributed by atoms with Crippen molar-refractivity contribution in [3.05, 3.63) is 46.5 Å². The van der Waals surface area contributed by atoms with E-state index in [9.17, 15) is 4.79 Å². The highest BCUT2D eigenvalue weighted by atomic mass is 16.1. The highest BCUT2D eigenvalue weighted by molar-refractivity contribution is 5.73. The molecule has 2 aliphatic carbocycles. The molecule has 0 N–H and O–H groups in total. The van der Waals surface area contributed by atoms with Gasteiger partial charge in [-0.1, -0.05) is 75.3 Å². The molecule has 2 fully saturated rings. The number of allylic oxidation sites excluding steroid dienone is 2. The molecule has 204 valence electrons. The van der Waals surface area contributed by atoms with E-state index < -0.39 is 0 Å². The molecule has 0 saturated heterocycles. The predicted octanol–water partition coefficient (Wildman–Crippen LogP) is 9.38. The first kappa shape index (κ1) is 30.8. The number of carbonyl (C=O) groups excluding carboxylic acids is 1. The maximum absolute atomic E-state index is 9.89. The van der Waals surface area contributed by atoms with Gasteiger partial charge in [0.25, 0.3) is 0 Å². The largest absolute Gasteiger partial charge is 0.309 e. The molecule has 3 rings (SSSR count). The van der Waals surface area contributed by atoms with Crippen LogP contribution in [0.3, 0.4) is 0 Å². The summed E-state index contributed by atoms with van der Waals surface area (Å²) in [7, 11) is 4.33. The molecule has 36 heavy (non-hydrogen) atoms. The van der Waals surface area contributed by atoms with Gasteiger partial charge < -0.3 is 4.90 Å². The third-order valence-corrected chi connectivity index (χ3v) is 9.03. The lowest BCUT2D eigenvalue weighted by molar-refractivity contribution is -0.104. The maximum Gasteiger partial charge on any atom is 0.145 e. The number of nitrogens with zero attached hydrogens (tertiary/aromatic N) is 1. The van der Waals surface area contributed by atoms with E-state index >= 15 is 0 Å². The molecule has 1 aromatic rings. The topological polar surface area (TPSA) is 20.3 Å². The van der Waals surface area contributed by atoms with E-state index in [1.165, 1.54) is 102 Å². The third kappa shape index (κ3) is 11.3. The minimum absolute atomic E-state index is 0.826. The van der Waals surface area contributed by atoms with E-state index in [1.807, 2.05) is 20.8 Å². The molecular formula is C34H57NO. The van der Waals surface area contributed by atoms with Crippen molar-refractivity contribution in [2.24, 2.45) is 17.8 Å². The van der Waals surface area contributed by atoms with E-state index in [0.717, 1.165) is 41.1 Å². The Kier molecular flexibility index (Phi) is 14.7. The molecule has 0 amide bonds. The Hall–Kier alpha value is -1.41. The van der Waals surface area contributed by atoms with Gasteiger partial charge in [-0.05, 0) is 133 Å². The van der Waals surface area contributed by atoms with Crippen molar-refractivity contribution in [3.63, 3.8) is 0 Å². The van der Waals surface area contributed by atoms with Crippen LogP contribution in [0.4, 0.5) is 0 Å². The lowest BCUT2D eigenvalue weighted by atomic mass is 9.68. The average Bonchev–Trinajstić information content (AvgIpc) is 2.89. The van der Waals surface area contributed by atoms with Crippen LogP contribution in [-0.4, -0.2) is 31.8 Å². The molecule has 0 radical (unpaired) electrons. The van der Waals surface area contributed by atoms with Gasteiger partial charge in [0.15, 0.2) is 0 Å². The number of rotatable bonds is 11. The van der Waals surface area contributed by atoms with Crippen LogP contribution < -0.4 is 0 Å². The van der Waals surface area contributed by atoms with Crippen LogP contribution in [0.1, 0.15) is 128 Å². The van der Waals surface area contributed by atoms with Gasteiger partial charge in [-0.2, -0.15) is 0 Å². The van der Waals surface area contributed by atoms with Gasteiger partial charge in [0.05, 0.1) is 0 Å². The summed E-state index contributed by atoms with van der Waals surface area (Å²) >= 11 is 0. The molecule has 2 aliphatic rings. The molecule has 0 bridgehead atoms. The lowest BCUT2D eigenvalue weighted by Crippen LogP contribution is -2.25. The minimum Gasteiger partial charge on any atom is -0.309 e. The van der Waals surface area contributed by atoms with Crippen molar-refractivity contribution in [2.75, 3.05) is 20.6 Å². The number of hydrogen-bond donors (Lipinski definition) is 0. The first-order valence-electron chi connectivity index (χ1n) is 15.2. The number of hydrogen-bond acceptors (Lipinski definition) is 2. The number of benzene rings is 1. The second-order valence-corrected chi connectivity index (χ2v) is 12.3. The molecule has 0 atom stereocenters. The number of aldehydes is 1. The van der Waals surface area contributed by atoms with Crippen molar-refractivity contribution < 1.29 is 4.79 Å². The fraction of sp³-hybridized carbons (Fsp3) is 0.735. The molecule has 0 unspecified atom stereocenters. The van der Waals surface area contributed by atoms with Gasteiger partial charge in [-0.25, -0.2) is 0 Å². The SMILES string of the molecule is CC(C)=C(C)C=O.CCCCCC1CCC(C2CCC(c3ccc(CCCN(C)C)cc3)CC2)CC1. The molecule has 1 aromatic carbocycles. The number of carbonyl (C=O) groups is 1. The Labute approximate surface area is 224 Å². The zero-order chi connectivity index (χ0) is 26.3. The van der Waals surface area contributed by atoms with Crippen LogP contribution in [0, 0.1) is 17.8 Å². The van der Waals surface area contributed by atoms with Crippen molar-refractivity contribution >= 4 is 6.29 Å². The molecule has 0 heterocycles. The van der Waals surface area contributed by atoms with Crippen LogP contribution in [0.2, 0.25) is 0 Å². The second-order valence-electron chi connectivity index (χ2n) is 12.3. The van der Waals surface area contributed by atoms with E-state index in [2.05, 4.69) is 50.2 Å². The summed E-state index contributed by atoms with van der Waals surface area (Å²) in [6, 6.07) is 9.68. The number of unbranched alkanes of at least 4 members (excludes halogenated alkanes) is 2. The van der Waals surface area contributed by atoms with Gasteiger partial charge >= 0.3 is 0 Å². The van der Waals surface area contributed by atoms with Gasteiger partial charge in [0.2, 0.25) is 0 Å². The fourth-order valence-corrected chi connectivity index (χ4v) is 6.23. The fourth-order valence-electron chi connectivity index (χ4n) is 6.23. The molecular weight excluding hydrogens is 438 g/mol. The van der Waals surface area contributed by atoms with E-state index in [1.54, 1.807) is 5.56 Å². The third-order valence-electron chi connectivity index (χ3n) is 9.03. The smallest absolute Gasteiger partial charge is 0.145 e. The number of aryl methyl sites for hydroxylation is 1. The second kappa shape index (κ2) is 17.2. The van der Waals surface area contributed by atoms with Crippen LogP contribution in [-0.2, 0) is 11.2 Å². The average molecular weight is 496 g/mol. The van der Waals surface area contributed by atoms with Gasteiger partial charge in [-0.15, -0.1) is 0 Å². The summed E-state index contributed by atoms with van der Waals surface area (Å²) in [5.74, 6) is 3.98. The van der Waals surface area contributed by atoms with E-state index in [0.29, 0.717) is 0 Å². The highest BCUT2D eigenvalue weighted by Gasteiger charge is 2.31. The molecule has 2 nitrogen and oxygen atoms in total. The minimum atomic E-state index is 0.826. The normalized spacial score (nSPS) is 24.1. The Morgan fingerprint density at radius 1 is 0.833 bits per heavy atom. The highest BCUT2D eigenvalue weighted by Crippen LogP contribution is 2.44. The van der Waals surface area contributed by atoms with Crippen LogP contribution >= 0.6 is 0 Å². The molecule has 0 spiro atoms. The summed E-state index contributed by atoms with van der Waals surface area (Å²) in [5.41, 5.74) is 5.05. The standard InChI is InChI=1S/C28H47N.C6H10O/c1-4-5-6-8-23-10-14-25(15-11-23)27-18-20-28(21-19-27)26-16-12-24(13-17-26)9-7-22-29(2)3;1-5(2)6(3)4-7/h12-13,16-17,23,25,27-28H,4-11,14-15,18-22H2,1-3H3;4H,1-3H3. The van der Waals surface area contributed by atoms with Gasteiger partial charge in [-0.3, -0.25) is 4.79 Å². The van der Waals surface area contributed by atoms with Gasteiger partial charge in [0, 0.05) is 0 Å². The van der Waals surface area contributed by atoms with E-state index in [-0.39, 0.29) is 0 Å². The summed E-state index contributed by atoms with van der Waals surface area (Å²) in [6.45, 7) is 9.16. The first-order valence-corrected chi connectivity index (χ1v) is 15.2. The Bertz CT molecular complexity index is 742. The summed E-state index contributed by atoms with van der Waals surface area (Å²) in [4.78, 5) is 12.2. The van der Waals surface area contributed by atoms with Crippen LogP contribution in [0.25, 0.3) is 0 Å². The molecule has 2 heteroatoms. The summed E-state index contributed by atoms with van der Waals surface area (Å²) < 4.78 is 0. The summed E-state index contributed by atoms with van der Waals surface area (Å²) in [6.07, 6.45) is 21.1. The Morgan fingerprint density at radius 2 is 1.42 bits per heavy atom. The predicted molar refractivity (Wildman–Crippen MR) is 158 cm³/mol. The maximum atomic E-state index is 9.89. The zero-order valence-corrected chi connectivity index (χ0v) is 24.7. The van der Waals surface area contributed by atoms with Crippen LogP contribution in [0.15, 0.2) is 35.4 Å². The molecule has 2 saturated carbocycles. The first-order chi connectivity index (χ1) is 17.3. The van der Waals surface area contributed by atoms with Crippen molar-refractivity contribution in [3.8, 4) is 0 Å². The Balaban J connectivity index is 0.000000572. The quantitative estimate of drug-likeness (QED) is 0.173. The Morgan fingerprint density at radius 3 is 1.89 bits per heavy atom. The monoisotopic (exact) mass is 495 g/mol. The van der Waals surface area contributed by atoms with Gasteiger partial charge in [0.1, 0.15) is 6.29 Å². The van der Waals surface area contributed by atoms with Crippen molar-refractivity contribution in [1.29, 1.82) is 0 Å².